The first-order valence-corrected chi connectivity index (χ1v) is 15.8. The number of thiophene rings is 1. The lowest BCUT2D eigenvalue weighted by Crippen LogP contribution is -2.11. The van der Waals surface area contributed by atoms with Crippen LogP contribution >= 0.6 is 11.3 Å². The average Bonchev–Trinajstić information content (AvgIpc) is 3.49. The second-order valence-electron chi connectivity index (χ2n) is 11.0. The van der Waals surface area contributed by atoms with Crippen molar-refractivity contribution >= 4 is 48.6 Å². The van der Waals surface area contributed by atoms with Crippen LogP contribution in [0, 0.1) is 0 Å². The minimum Gasteiger partial charge on any atom is -0.310 e. The topological polar surface area (TPSA) is 3.24 Å². The Kier molecular flexibility index (Phi) is 6.75. The molecule has 0 amide bonds. The van der Waals surface area contributed by atoms with E-state index in [1.165, 1.54) is 53.6 Å². The smallest absolute Gasteiger partial charge is 0.0547 e. The predicted molar refractivity (Wildman–Crippen MR) is 190 cm³/mol. The molecule has 208 valence electrons. The fourth-order valence-corrected chi connectivity index (χ4v) is 7.32. The maximum Gasteiger partial charge on any atom is 0.0547 e. The van der Waals surface area contributed by atoms with Crippen molar-refractivity contribution in [3.8, 4) is 33.4 Å². The summed E-state index contributed by atoms with van der Waals surface area (Å²) in [5.74, 6) is 0. The van der Waals surface area contributed by atoms with E-state index in [4.69, 9.17) is 0 Å². The van der Waals surface area contributed by atoms with E-state index in [1.807, 2.05) is 11.3 Å². The van der Waals surface area contributed by atoms with Crippen molar-refractivity contribution in [1.29, 1.82) is 0 Å². The van der Waals surface area contributed by atoms with Crippen LogP contribution < -0.4 is 4.90 Å². The molecule has 0 unspecified atom stereocenters. The number of anilines is 3. The van der Waals surface area contributed by atoms with Crippen LogP contribution in [0.15, 0.2) is 176 Å². The van der Waals surface area contributed by atoms with E-state index in [-0.39, 0.29) is 0 Å². The first-order valence-electron chi connectivity index (χ1n) is 14.9. The molecule has 0 aliphatic rings. The van der Waals surface area contributed by atoms with Gasteiger partial charge in [0.2, 0.25) is 0 Å². The highest BCUT2D eigenvalue weighted by Crippen LogP contribution is 2.48. The van der Waals surface area contributed by atoms with Crippen LogP contribution in [0.4, 0.5) is 17.1 Å². The van der Waals surface area contributed by atoms with Crippen LogP contribution in [-0.2, 0) is 0 Å². The Morgan fingerprint density at radius 2 is 0.909 bits per heavy atom. The summed E-state index contributed by atoms with van der Waals surface area (Å²) in [6, 6.07) is 63.3. The Hall–Kier alpha value is -5.44. The lowest BCUT2D eigenvalue weighted by molar-refractivity contribution is 1.29. The van der Waals surface area contributed by atoms with Gasteiger partial charge in [0, 0.05) is 37.1 Å². The first kappa shape index (κ1) is 26.2. The van der Waals surface area contributed by atoms with Crippen LogP contribution in [-0.4, -0.2) is 0 Å². The maximum atomic E-state index is 2.42. The highest BCUT2D eigenvalue weighted by Gasteiger charge is 2.22. The van der Waals surface area contributed by atoms with Gasteiger partial charge in [-0.2, -0.15) is 0 Å². The van der Waals surface area contributed by atoms with Gasteiger partial charge in [0.25, 0.3) is 0 Å². The number of fused-ring (bicyclic) bond motifs is 3. The molecule has 44 heavy (non-hydrogen) atoms. The molecule has 0 N–H and O–H groups in total. The fourth-order valence-electron chi connectivity index (χ4n) is 6.20. The van der Waals surface area contributed by atoms with Gasteiger partial charge >= 0.3 is 0 Å². The SMILES string of the molecule is c1ccc(-c2ccc(-c3c(N(c4ccccc4)c4cccc(-c5ccccc5)c4)ccc4sc5ccccc5c34)cc2)cc1. The fraction of sp³-hybridized carbons (Fsp3) is 0. The van der Waals surface area contributed by atoms with Crippen LogP contribution in [0.25, 0.3) is 53.6 Å². The maximum absolute atomic E-state index is 2.42. The van der Waals surface area contributed by atoms with Crippen LogP contribution in [0.2, 0.25) is 0 Å². The summed E-state index contributed by atoms with van der Waals surface area (Å²) in [5, 5.41) is 2.60. The number of nitrogens with zero attached hydrogens (tertiary/aromatic N) is 1. The summed E-state index contributed by atoms with van der Waals surface area (Å²) >= 11 is 1.86. The zero-order valence-electron chi connectivity index (χ0n) is 24.1. The number of para-hydroxylation sites is 1. The Bertz CT molecular complexity index is 2200. The van der Waals surface area contributed by atoms with Gasteiger partial charge < -0.3 is 4.90 Å². The van der Waals surface area contributed by atoms with Crippen molar-refractivity contribution in [3.63, 3.8) is 0 Å². The lowest BCUT2D eigenvalue weighted by Gasteiger charge is -2.29. The molecule has 0 aliphatic heterocycles. The van der Waals surface area contributed by atoms with E-state index in [9.17, 15) is 0 Å². The Morgan fingerprint density at radius 3 is 1.64 bits per heavy atom. The van der Waals surface area contributed by atoms with Gasteiger partial charge in [0.1, 0.15) is 0 Å². The third kappa shape index (κ3) is 4.76. The summed E-state index contributed by atoms with van der Waals surface area (Å²) in [7, 11) is 0. The molecule has 1 nitrogen and oxygen atoms in total. The van der Waals surface area contributed by atoms with Crippen molar-refractivity contribution in [2.24, 2.45) is 0 Å². The van der Waals surface area contributed by atoms with E-state index in [0.29, 0.717) is 0 Å². The highest BCUT2D eigenvalue weighted by atomic mass is 32.1. The lowest BCUT2D eigenvalue weighted by atomic mass is 9.94. The molecule has 2 heteroatoms. The van der Waals surface area contributed by atoms with Crippen LogP contribution in [0.3, 0.4) is 0 Å². The summed E-state index contributed by atoms with van der Waals surface area (Å²) in [6.45, 7) is 0. The average molecular weight is 580 g/mol. The second-order valence-corrected chi connectivity index (χ2v) is 12.0. The van der Waals surface area contributed by atoms with Crippen molar-refractivity contribution < 1.29 is 0 Å². The molecule has 8 aromatic rings. The molecule has 7 aromatic carbocycles. The van der Waals surface area contributed by atoms with Gasteiger partial charge in [-0.3, -0.25) is 0 Å². The molecular formula is C42H29NS. The number of hydrogen-bond acceptors (Lipinski definition) is 2. The van der Waals surface area contributed by atoms with Crippen molar-refractivity contribution in [3.05, 3.63) is 176 Å². The molecule has 0 saturated heterocycles. The van der Waals surface area contributed by atoms with E-state index in [2.05, 4.69) is 181 Å². The van der Waals surface area contributed by atoms with Crippen molar-refractivity contribution in [1.82, 2.24) is 0 Å². The third-order valence-electron chi connectivity index (χ3n) is 8.27. The molecule has 1 heterocycles. The molecule has 0 aliphatic carbocycles. The van der Waals surface area contributed by atoms with E-state index in [0.717, 1.165) is 17.1 Å². The molecule has 0 radical (unpaired) electrons. The highest BCUT2D eigenvalue weighted by molar-refractivity contribution is 7.26. The number of hydrogen-bond donors (Lipinski definition) is 0. The predicted octanol–water partition coefficient (Wildman–Crippen LogP) is 12.5. The van der Waals surface area contributed by atoms with Gasteiger partial charge in [0.15, 0.2) is 0 Å². The summed E-state index contributed by atoms with van der Waals surface area (Å²) in [6.07, 6.45) is 0. The molecule has 8 rings (SSSR count). The molecule has 0 saturated carbocycles. The molecule has 0 bridgehead atoms. The monoisotopic (exact) mass is 579 g/mol. The standard InChI is InChI=1S/C42H29NS/c1-4-13-30(14-5-1)32-23-25-33(26-24-32)41-38(27-28-40-42(41)37-21-10-11-22-39(37)44-40)43(35-18-8-3-9-19-35)36-20-12-17-34(29-36)31-15-6-2-7-16-31/h1-29H. The van der Waals surface area contributed by atoms with Crippen molar-refractivity contribution in [2.75, 3.05) is 4.90 Å². The zero-order valence-corrected chi connectivity index (χ0v) is 24.9. The Labute approximate surface area is 261 Å². The Morgan fingerprint density at radius 1 is 0.364 bits per heavy atom. The summed E-state index contributed by atoms with van der Waals surface area (Å²) in [5.41, 5.74) is 10.7. The van der Waals surface area contributed by atoms with Gasteiger partial charge in [-0.1, -0.05) is 133 Å². The third-order valence-corrected chi connectivity index (χ3v) is 9.40. The minimum absolute atomic E-state index is 1.12. The Balaban J connectivity index is 1.39. The molecule has 0 fully saturated rings. The molecule has 0 spiro atoms. The van der Waals surface area contributed by atoms with Gasteiger partial charge in [0.05, 0.1) is 5.69 Å². The molecule has 1 aromatic heterocycles. The number of benzene rings is 7. The second kappa shape index (κ2) is 11.3. The molecular weight excluding hydrogens is 551 g/mol. The van der Waals surface area contributed by atoms with Gasteiger partial charge in [-0.05, 0) is 70.3 Å². The quantitative estimate of drug-likeness (QED) is 0.189. The van der Waals surface area contributed by atoms with Crippen LogP contribution in [0.5, 0.6) is 0 Å². The van der Waals surface area contributed by atoms with Crippen LogP contribution in [0.1, 0.15) is 0 Å². The number of rotatable bonds is 6. The van der Waals surface area contributed by atoms with Gasteiger partial charge in [-0.25, -0.2) is 0 Å². The van der Waals surface area contributed by atoms with Gasteiger partial charge in [-0.15, -0.1) is 11.3 Å². The van der Waals surface area contributed by atoms with E-state index in [1.54, 1.807) is 0 Å². The largest absolute Gasteiger partial charge is 0.310 e. The summed E-state index contributed by atoms with van der Waals surface area (Å²) < 4.78 is 2.60. The first-order chi connectivity index (χ1) is 21.8. The van der Waals surface area contributed by atoms with E-state index < -0.39 is 0 Å². The molecule has 0 atom stereocenters. The zero-order chi connectivity index (χ0) is 29.3. The summed E-state index contributed by atoms with van der Waals surface area (Å²) in [4.78, 5) is 2.42. The normalized spacial score (nSPS) is 11.2. The van der Waals surface area contributed by atoms with Crippen molar-refractivity contribution in [2.45, 2.75) is 0 Å². The minimum atomic E-state index is 1.12. The van der Waals surface area contributed by atoms with E-state index >= 15 is 0 Å².